The highest BCUT2D eigenvalue weighted by Gasteiger charge is 2.37. The molecule has 0 unspecified atom stereocenters. The Morgan fingerprint density at radius 1 is 1.50 bits per heavy atom. The third-order valence-corrected chi connectivity index (χ3v) is 4.36. The molecule has 0 spiro atoms. The lowest BCUT2D eigenvalue weighted by Gasteiger charge is -2.39. The van der Waals surface area contributed by atoms with Gasteiger partial charge in [0.1, 0.15) is 5.65 Å². The van der Waals surface area contributed by atoms with Gasteiger partial charge in [0.25, 0.3) is 0 Å². The number of amides is 1. The molecule has 0 aliphatic carbocycles. The first-order valence-corrected chi connectivity index (χ1v) is 7.56. The van der Waals surface area contributed by atoms with Crippen molar-refractivity contribution in [2.45, 2.75) is 37.9 Å². The second-order valence-corrected chi connectivity index (χ2v) is 6.16. The average molecular weight is 303 g/mol. The zero-order chi connectivity index (χ0) is 15.7. The topological polar surface area (TPSA) is 78.1 Å². The van der Waals surface area contributed by atoms with E-state index in [1.165, 1.54) is 0 Å². The third-order valence-electron chi connectivity index (χ3n) is 4.36. The van der Waals surface area contributed by atoms with Gasteiger partial charge in [-0.1, -0.05) is 6.07 Å². The van der Waals surface area contributed by atoms with E-state index in [1.807, 2.05) is 35.0 Å². The molecule has 2 atom stereocenters. The number of pyridine rings is 1. The number of piperidine rings is 1. The van der Waals surface area contributed by atoms with Crippen LogP contribution in [0, 0.1) is 0 Å². The van der Waals surface area contributed by atoms with E-state index in [9.17, 15) is 15.0 Å². The number of aryl methyl sites for hydroxylation is 1. The molecule has 6 nitrogen and oxygen atoms in total. The summed E-state index contributed by atoms with van der Waals surface area (Å²) in [6.45, 7) is 2.28. The van der Waals surface area contributed by atoms with Crippen molar-refractivity contribution in [1.29, 1.82) is 0 Å². The number of β-amino-alcohol motifs (C(OH)–C–C–N with tert-alkyl or cyclic N) is 1. The summed E-state index contributed by atoms with van der Waals surface area (Å²) < 4.78 is 1.93. The van der Waals surface area contributed by atoms with Crippen molar-refractivity contribution < 1.29 is 15.0 Å². The second kappa shape index (κ2) is 5.70. The van der Waals surface area contributed by atoms with Crippen LogP contribution in [0.5, 0.6) is 0 Å². The van der Waals surface area contributed by atoms with Crippen LogP contribution in [0.4, 0.5) is 0 Å². The van der Waals surface area contributed by atoms with Crippen LogP contribution in [0.15, 0.2) is 30.6 Å². The van der Waals surface area contributed by atoms with Gasteiger partial charge in [-0.2, -0.15) is 0 Å². The van der Waals surface area contributed by atoms with Crippen LogP contribution in [0.3, 0.4) is 0 Å². The summed E-state index contributed by atoms with van der Waals surface area (Å²) in [4.78, 5) is 18.3. The van der Waals surface area contributed by atoms with Crippen molar-refractivity contribution in [2.24, 2.45) is 0 Å². The molecule has 0 aromatic carbocycles. The monoisotopic (exact) mass is 303 g/mol. The number of carbonyl (C=O) groups excluding carboxylic acids is 1. The van der Waals surface area contributed by atoms with Gasteiger partial charge in [-0.15, -0.1) is 0 Å². The van der Waals surface area contributed by atoms with Crippen LogP contribution in [0.25, 0.3) is 5.65 Å². The molecule has 1 aliphatic heterocycles. The van der Waals surface area contributed by atoms with E-state index in [1.54, 1.807) is 11.8 Å². The first kappa shape index (κ1) is 15.0. The van der Waals surface area contributed by atoms with Gasteiger partial charge in [-0.05, 0) is 31.9 Å². The molecule has 118 valence electrons. The molecule has 22 heavy (non-hydrogen) atoms. The van der Waals surface area contributed by atoms with Gasteiger partial charge in [0.05, 0.1) is 17.4 Å². The van der Waals surface area contributed by atoms with Crippen molar-refractivity contribution in [3.63, 3.8) is 0 Å². The van der Waals surface area contributed by atoms with Gasteiger partial charge < -0.3 is 19.5 Å². The van der Waals surface area contributed by atoms with E-state index < -0.39 is 11.7 Å². The molecular weight excluding hydrogens is 282 g/mol. The molecule has 1 fully saturated rings. The van der Waals surface area contributed by atoms with Crippen molar-refractivity contribution in [3.05, 3.63) is 36.3 Å². The minimum absolute atomic E-state index is 0.00777. The normalized spacial score (nSPS) is 25.6. The first-order chi connectivity index (χ1) is 10.5. The molecule has 2 N–H and O–H groups in total. The Bertz CT molecular complexity index is 647. The van der Waals surface area contributed by atoms with Crippen molar-refractivity contribution in [1.82, 2.24) is 14.3 Å². The van der Waals surface area contributed by atoms with Crippen molar-refractivity contribution in [2.75, 3.05) is 13.1 Å². The molecule has 3 rings (SSSR count). The average Bonchev–Trinajstić information content (AvgIpc) is 2.90. The number of nitrogens with zero attached hydrogens (tertiary/aromatic N) is 3. The van der Waals surface area contributed by atoms with Crippen LogP contribution in [-0.4, -0.2) is 55.2 Å². The largest absolute Gasteiger partial charge is 0.388 e. The minimum atomic E-state index is -1.10. The van der Waals surface area contributed by atoms with E-state index in [0.29, 0.717) is 25.8 Å². The number of aromatic nitrogens is 2. The van der Waals surface area contributed by atoms with Crippen LogP contribution in [0.2, 0.25) is 0 Å². The maximum absolute atomic E-state index is 12.2. The Morgan fingerprint density at radius 3 is 3.05 bits per heavy atom. The molecule has 2 aromatic heterocycles. The number of fused-ring (bicyclic) bond motifs is 1. The maximum Gasteiger partial charge on any atom is 0.223 e. The predicted octanol–water partition coefficient (Wildman–Crippen LogP) is 0.611. The summed E-state index contributed by atoms with van der Waals surface area (Å²) in [6, 6.07) is 5.79. The smallest absolute Gasteiger partial charge is 0.223 e. The van der Waals surface area contributed by atoms with Crippen LogP contribution < -0.4 is 0 Å². The third kappa shape index (κ3) is 2.98. The highest BCUT2D eigenvalue weighted by Crippen LogP contribution is 2.22. The Hall–Kier alpha value is -1.92. The molecule has 1 saturated heterocycles. The molecular formula is C16H21N3O3. The number of rotatable bonds is 3. The Labute approximate surface area is 129 Å². The molecule has 1 aliphatic rings. The lowest BCUT2D eigenvalue weighted by molar-refractivity contribution is -0.146. The molecule has 0 radical (unpaired) electrons. The summed E-state index contributed by atoms with van der Waals surface area (Å²) in [5.74, 6) is -0.00777. The summed E-state index contributed by atoms with van der Waals surface area (Å²) in [5, 5.41) is 19.8. The predicted molar refractivity (Wildman–Crippen MR) is 81.3 cm³/mol. The fourth-order valence-corrected chi connectivity index (χ4v) is 2.75. The van der Waals surface area contributed by atoms with E-state index >= 15 is 0 Å². The minimum Gasteiger partial charge on any atom is -0.388 e. The standard InChI is InChI=1S/C16H21N3O3/c1-16(22)7-9-19(11-13(16)20)15(21)6-5-12-10-18-8-3-2-4-14(18)17-12/h2-4,8,10,13,20,22H,5-7,9,11H2,1H3/t13-,16+/m0/s1. The number of hydrogen-bond donors (Lipinski definition) is 2. The van der Waals surface area contributed by atoms with E-state index in [-0.39, 0.29) is 12.5 Å². The zero-order valence-electron chi connectivity index (χ0n) is 12.6. The van der Waals surface area contributed by atoms with Gasteiger partial charge in [-0.25, -0.2) is 4.98 Å². The van der Waals surface area contributed by atoms with Crippen LogP contribution in [-0.2, 0) is 11.2 Å². The summed E-state index contributed by atoms with van der Waals surface area (Å²) in [7, 11) is 0. The number of carbonyl (C=O) groups is 1. The van der Waals surface area contributed by atoms with E-state index in [2.05, 4.69) is 4.98 Å². The van der Waals surface area contributed by atoms with E-state index in [4.69, 9.17) is 0 Å². The quantitative estimate of drug-likeness (QED) is 0.871. The van der Waals surface area contributed by atoms with Crippen LogP contribution >= 0.6 is 0 Å². The molecule has 1 amide bonds. The number of imidazole rings is 1. The van der Waals surface area contributed by atoms with Crippen LogP contribution in [0.1, 0.15) is 25.5 Å². The second-order valence-electron chi connectivity index (χ2n) is 6.16. The number of aliphatic hydroxyl groups is 2. The van der Waals surface area contributed by atoms with Gasteiger partial charge in [0.15, 0.2) is 0 Å². The Balaban J connectivity index is 1.58. The highest BCUT2D eigenvalue weighted by atomic mass is 16.3. The first-order valence-electron chi connectivity index (χ1n) is 7.56. The zero-order valence-corrected chi connectivity index (χ0v) is 12.6. The SMILES string of the molecule is C[C@@]1(O)CCN(C(=O)CCc2cn3ccccc3n2)C[C@@H]1O. The van der Waals surface area contributed by atoms with Gasteiger partial charge in [0.2, 0.25) is 5.91 Å². The lowest BCUT2D eigenvalue weighted by Crippen LogP contribution is -2.55. The fourth-order valence-electron chi connectivity index (χ4n) is 2.75. The molecule has 0 bridgehead atoms. The Kier molecular flexibility index (Phi) is 3.88. The number of hydrogen-bond acceptors (Lipinski definition) is 4. The lowest BCUT2D eigenvalue weighted by atomic mass is 9.90. The fraction of sp³-hybridized carbons (Fsp3) is 0.500. The van der Waals surface area contributed by atoms with Gasteiger partial charge >= 0.3 is 0 Å². The number of likely N-dealkylation sites (tertiary alicyclic amines) is 1. The molecule has 6 heteroatoms. The molecule has 2 aromatic rings. The molecule has 3 heterocycles. The highest BCUT2D eigenvalue weighted by molar-refractivity contribution is 5.76. The maximum atomic E-state index is 12.2. The van der Waals surface area contributed by atoms with Crippen molar-refractivity contribution >= 4 is 11.6 Å². The summed E-state index contributed by atoms with van der Waals surface area (Å²) in [5.41, 5.74) is 0.650. The summed E-state index contributed by atoms with van der Waals surface area (Å²) in [6.07, 6.45) is 4.30. The number of aliphatic hydroxyl groups excluding tert-OH is 1. The Morgan fingerprint density at radius 2 is 2.32 bits per heavy atom. The van der Waals surface area contributed by atoms with Crippen molar-refractivity contribution in [3.8, 4) is 0 Å². The van der Waals surface area contributed by atoms with E-state index in [0.717, 1.165) is 11.3 Å². The van der Waals surface area contributed by atoms with Gasteiger partial charge in [0, 0.05) is 31.9 Å². The van der Waals surface area contributed by atoms with Gasteiger partial charge in [-0.3, -0.25) is 4.79 Å². The summed E-state index contributed by atoms with van der Waals surface area (Å²) >= 11 is 0. The molecule has 0 saturated carbocycles.